The molecule has 10 nitrogen and oxygen atoms in total. The van der Waals surface area contributed by atoms with Crippen LogP contribution < -0.4 is 5.32 Å². The predicted molar refractivity (Wildman–Crippen MR) is 162 cm³/mol. The standard InChI is InChI=1S/C32H45FN6O4/c1-21(2)28(35-23-18-22(25-13-11-16-34-25)19-38(20-23)31(41)43-32(3,4)5)30(40)29-27(15-9-10-17-42-6)39(37-36-29)26-14-8-7-12-24(26)33/h7-8,11-14,16,21-23,28,34-35H,9-10,15,17-20H2,1-6H3/t22-,23+,28?/m1/s1. The van der Waals surface area contributed by atoms with Crippen molar-refractivity contribution in [3.63, 3.8) is 0 Å². The number of likely N-dealkylation sites (tertiary alicyclic amines) is 1. The fourth-order valence-corrected chi connectivity index (χ4v) is 5.56. The first-order valence-electron chi connectivity index (χ1n) is 15.1. The number of carbonyl (C=O) groups excluding carboxylic acids is 2. The summed E-state index contributed by atoms with van der Waals surface area (Å²) in [7, 11) is 1.65. The maximum atomic E-state index is 14.8. The van der Waals surface area contributed by atoms with E-state index in [1.807, 2.05) is 52.9 Å². The Hall–Kier alpha value is -3.57. The molecular weight excluding hydrogens is 551 g/mol. The number of hydrogen-bond acceptors (Lipinski definition) is 7. The van der Waals surface area contributed by atoms with Gasteiger partial charge in [0.05, 0.1) is 11.7 Å². The summed E-state index contributed by atoms with van der Waals surface area (Å²) < 4.78 is 27.2. The van der Waals surface area contributed by atoms with Gasteiger partial charge in [-0.15, -0.1) is 5.10 Å². The third-order valence-electron chi connectivity index (χ3n) is 7.62. The van der Waals surface area contributed by atoms with Crippen LogP contribution >= 0.6 is 0 Å². The minimum Gasteiger partial charge on any atom is -0.444 e. The molecule has 2 aromatic heterocycles. The number of piperidine rings is 1. The maximum Gasteiger partial charge on any atom is 0.410 e. The van der Waals surface area contributed by atoms with Crippen LogP contribution in [0.2, 0.25) is 0 Å². The molecule has 1 saturated heterocycles. The number of aromatic amines is 1. The molecule has 1 aromatic carbocycles. The molecule has 234 valence electrons. The summed E-state index contributed by atoms with van der Waals surface area (Å²) in [5.41, 5.74) is 1.45. The Morgan fingerprint density at radius 1 is 1.14 bits per heavy atom. The molecule has 0 radical (unpaired) electrons. The average molecular weight is 597 g/mol. The summed E-state index contributed by atoms with van der Waals surface area (Å²) >= 11 is 0. The summed E-state index contributed by atoms with van der Waals surface area (Å²) in [6.45, 7) is 11.0. The number of Topliss-reactive ketones (excluding diaryl/α,β-unsaturated/α-hetero) is 1. The van der Waals surface area contributed by atoms with E-state index in [0.29, 0.717) is 31.8 Å². The first kappa shape index (κ1) is 32.3. The number of unbranched alkanes of at least 4 members (excludes halogenated alkanes) is 1. The molecule has 4 rings (SSSR count). The lowest BCUT2D eigenvalue weighted by Gasteiger charge is -2.40. The highest BCUT2D eigenvalue weighted by Gasteiger charge is 2.37. The molecule has 2 N–H and O–H groups in total. The molecule has 1 amide bonds. The summed E-state index contributed by atoms with van der Waals surface area (Å²) in [6.07, 6.45) is 4.21. The summed E-state index contributed by atoms with van der Waals surface area (Å²) in [4.78, 5) is 32.4. The van der Waals surface area contributed by atoms with Crippen LogP contribution in [-0.4, -0.2) is 81.2 Å². The number of para-hydroxylation sites is 1. The van der Waals surface area contributed by atoms with Crippen LogP contribution in [-0.2, 0) is 15.9 Å². The maximum absolute atomic E-state index is 14.8. The molecule has 1 aliphatic rings. The van der Waals surface area contributed by atoms with Gasteiger partial charge in [0.1, 0.15) is 17.1 Å². The molecule has 3 atom stereocenters. The lowest BCUT2D eigenvalue weighted by atomic mass is 9.89. The molecule has 1 aliphatic heterocycles. The van der Waals surface area contributed by atoms with Gasteiger partial charge in [-0.05, 0) is 76.6 Å². The van der Waals surface area contributed by atoms with Crippen molar-refractivity contribution in [2.75, 3.05) is 26.8 Å². The topological polar surface area (TPSA) is 114 Å². The molecule has 1 unspecified atom stereocenters. The van der Waals surface area contributed by atoms with Crippen molar-refractivity contribution in [1.29, 1.82) is 0 Å². The van der Waals surface area contributed by atoms with E-state index in [1.165, 1.54) is 10.7 Å². The molecule has 11 heteroatoms. The second-order valence-corrected chi connectivity index (χ2v) is 12.6. The van der Waals surface area contributed by atoms with Gasteiger partial charge in [0, 0.05) is 50.7 Å². The zero-order chi connectivity index (χ0) is 31.1. The van der Waals surface area contributed by atoms with Gasteiger partial charge in [0.25, 0.3) is 0 Å². The zero-order valence-corrected chi connectivity index (χ0v) is 26.1. The number of hydrogen-bond donors (Lipinski definition) is 2. The van der Waals surface area contributed by atoms with E-state index in [9.17, 15) is 14.0 Å². The van der Waals surface area contributed by atoms with Crippen LogP contribution in [0, 0.1) is 11.7 Å². The van der Waals surface area contributed by atoms with Gasteiger partial charge < -0.3 is 24.7 Å². The number of ether oxygens (including phenoxy) is 2. The minimum absolute atomic E-state index is 0.0370. The van der Waals surface area contributed by atoms with Crippen molar-refractivity contribution >= 4 is 11.9 Å². The van der Waals surface area contributed by atoms with Gasteiger partial charge in [-0.3, -0.25) is 4.79 Å². The monoisotopic (exact) mass is 596 g/mol. The molecule has 3 aromatic rings. The number of rotatable bonds is 12. The normalized spacial score (nSPS) is 18.2. The van der Waals surface area contributed by atoms with Gasteiger partial charge in [-0.1, -0.05) is 31.2 Å². The quantitative estimate of drug-likeness (QED) is 0.216. The van der Waals surface area contributed by atoms with E-state index in [0.717, 1.165) is 25.0 Å². The van der Waals surface area contributed by atoms with Crippen LogP contribution in [0.3, 0.4) is 0 Å². The van der Waals surface area contributed by atoms with Crippen molar-refractivity contribution in [2.45, 2.75) is 83.9 Å². The highest BCUT2D eigenvalue weighted by atomic mass is 19.1. The van der Waals surface area contributed by atoms with Crippen molar-refractivity contribution in [3.8, 4) is 5.69 Å². The lowest BCUT2D eigenvalue weighted by molar-refractivity contribution is 0.0159. The number of ketones is 1. The zero-order valence-electron chi connectivity index (χ0n) is 26.1. The highest BCUT2D eigenvalue weighted by molar-refractivity contribution is 5.99. The number of halogens is 1. The van der Waals surface area contributed by atoms with Gasteiger partial charge in [-0.2, -0.15) is 0 Å². The Labute approximate surface area is 253 Å². The Morgan fingerprint density at radius 3 is 2.56 bits per heavy atom. The van der Waals surface area contributed by atoms with Crippen molar-refractivity contribution < 1.29 is 23.5 Å². The number of aromatic nitrogens is 4. The first-order valence-corrected chi connectivity index (χ1v) is 15.1. The van der Waals surface area contributed by atoms with E-state index in [2.05, 4.69) is 20.6 Å². The minimum atomic E-state index is -0.625. The predicted octanol–water partition coefficient (Wildman–Crippen LogP) is 5.29. The Bertz CT molecular complexity index is 1350. The Morgan fingerprint density at radius 2 is 1.91 bits per heavy atom. The summed E-state index contributed by atoms with van der Waals surface area (Å²) in [5.74, 6) is -0.698. The molecule has 43 heavy (non-hydrogen) atoms. The smallest absolute Gasteiger partial charge is 0.410 e. The number of amides is 1. The van der Waals surface area contributed by atoms with E-state index in [4.69, 9.17) is 9.47 Å². The Kier molecular flexibility index (Phi) is 10.7. The third kappa shape index (κ3) is 8.29. The second kappa shape index (κ2) is 14.3. The van der Waals surface area contributed by atoms with Crippen molar-refractivity contribution in [2.24, 2.45) is 5.92 Å². The van der Waals surface area contributed by atoms with Gasteiger partial charge in [0.15, 0.2) is 5.69 Å². The van der Waals surface area contributed by atoms with Crippen LogP contribution in [0.4, 0.5) is 9.18 Å². The number of benzene rings is 1. The summed E-state index contributed by atoms with van der Waals surface area (Å²) in [5, 5.41) is 12.1. The van der Waals surface area contributed by atoms with Gasteiger partial charge >= 0.3 is 6.09 Å². The van der Waals surface area contributed by atoms with E-state index in [1.54, 1.807) is 30.2 Å². The fraction of sp³-hybridized carbons (Fsp3) is 0.562. The van der Waals surface area contributed by atoms with Crippen molar-refractivity contribution in [1.82, 2.24) is 30.2 Å². The number of nitrogens with one attached hydrogen (secondary N) is 2. The third-order valence-corrected chi connectivity index (χ3v) is 7.62. The Balaban J connectivity index is 1.61. The second-order valence-electron chi connectivity index (χ2n) is 12.6. The van der Waals surface area contributed by atoms with Gasteiger partial charge in [0.2, 0.25) is 5.78 Å². The highest BCUT2D eigenvalue weighted by Crippen LogP contribution is 2.29. The molecule has 3 heterocycles. The molecule has 1 fully saturated rings. The average Bonchev–Trinajstić information content (AvgIpc) is 3.64. The first-order chi connectivity index (χ1) is 20.5. The van der Waals surface area contributed by atoms with E-state index >= 15 is 0 Å². The fourth-order valence-electron chi connectivity index (χ4n) is 5.56. The summed E-state index contributed by atoms with van der Waals surface area (Å²) in [6, 6.07) is 9.52. The SMILES string of the molecule is COCCCCc1c(C(=O)C(N[C@H]2C[C@@H](c3ccc[nH]3)CN(C(=O)OC(C)(C)C)C2)C(C)C)nnn1-c1ccccc1F. The van der Waals surface area contributed by atoms with Crippen LogP contribution in [0.15, 0.2) is 42.6 Å². The number of methoxy groups -OCH3 is 1. The van der Waals surface area contributed by atoms with Crippen LogP contribution in [0.5, 0.6) is 0 Å². The van der Waals surface area contributed by atoms with Crippen molar-refractivity contribution in [3.05, 3.63) is 65.5 Å². The van der Waals surface area contributed by atoms with E-state index in [-0.39, 0.29) is 41.1 Å². The van der Waals surface area contributed by atoms with Crippen LogP contribution in [0.25, 0.3) is 5.69 Å². The molecule has 0 saturated carbocycles. The number of H-pyrrole nitrogens is 1. The largest absolute Gasteiger partial charge is 0.444 e. The van der Waals surface area contributed by atoms with Crippen LogP contribution in [0.1, 0.15) is 81.7 Å². The van der Waals surface area contributed by atoms with Gasteiger partial charge in [-0.25, -0.2) is 13.9 Å². The molecule has 0 bridgehead atoms. The number of carbonyl (C=O) groups is 2. The number of nitrogens with zero attached hydrogens (tertiary/aromatic N) is 4. The molecule has 0 spiro atoms. The lowest BCUT2D eigenvalue weighted by Crippen LogP contribution is -2.56. The van der Waals surface area contributed by atoms with E-state index < -0.39 is 17.5 Å². The molecular formula is C32H45FN6O4. The molecule has 0 aliphatic carbocycles.